The fraction of sp³-hybridized carbons (Fsp3) is 0.579. The second kappa shape index (κ2) is 9.64. The molecule has 1 aliphatic carbocycles. The van der Waals surface area contributed by atoms with Crippen LogP contribution in [0.1, 0.15) is 57.8 Å². The molecule has 1 unspecified atom stereocenters. The minimum atomic E-state index is -0.801. The third-order valence-corrected chi connectivity index (χ3v) is 5.50. The van der Waals surface area contributed by atoms with Gasteiger partial charge in [-0.15, -0.1) is 11.3 Å². The van der Waals surface area contributed by atoms with Gasteiger partial charge in [0.1, 0.15) is 0 Å². The van der Waals surface area contributed by atoms with Crippen molar-refractivity contribution < 1.29 is 18.8 Å². The predicted molar refractivity (Wildman–Crippen MR) is 101 cm³/mol. The fourth-order valence-corrected chi connectivity index (χ4v) is 3.77. The molecule has 1 aliphatic rings. The average molecular weight is 391 g/mol. The van der Waals surface area contributed by atoms with Crippen molar-refractivity contribution in [2.24, 2.45) is 0 Å². The lowest BCUT2D eigenvalue weighted by Gasteiger charge is -2.19. The summed E-state index contributed by atoms with van der Waals surface area (Å²) in [7, 11) is 0. The van der Waals surface area contributed by atoms with E-state index < -0.39 is 12.1 Å². The summed E-state index contributed by atoms with van der Waals surface area (Å²) >= 11 is 1.52. The van der Waals surface area contributed by atoms with Crippen LogP contribution in [0.5, 0.6) is 0 Å². The number of rotatable bonds is 7. The van der Waals surface area contributed by atoms with E-state index in [-0.39, 0.29) is 24.8 Å². The van der Waals surface area contributed by atoms with Gasteiger partial charge in [-0.2, -0.15) is 4.98 Å². The number of hydrogen-bond donors (Lipinski definition) is 1. The van der Waals surface area contributed by atoms with Gasteiger partial charge in [-0.05, 0) is 31.2 Å². The normalized spacial score (nSPS) is 16.5. The van der Waals surface area contributed by atoms with Crippen LogP contribution in [0.25, 0.3) is 10.7 Å². The number of carbonyl (C=O) groups is 2. The first kappa shape index (κ1) is 19.5. The molecule has 7 nitrogen and oxygen atoms in total. The van der Waals surface area contributed by atoms with Gasteiger partial charge < -0.3 is 14.6 Å². The van der Waals surface area contributed by atoms with Crippen LogP contribution in [0.3, 0.4) is 0 Å². The number of nitrogens with zero attached hydrogens (tertiary/aromatic N) is 2. The third-order valence-electron chi connectivity index (χ3n) is 4.63. The van der Waals surface area contributed by atoms with E-state index in [0.717, 1.165) is 30.6 Å². The maximum atomic E-state index is 12.2. The van der Waals surface area contributed by atoms with Crippen molar-refractivity contribution in [3.63, 3.8) is 0 Å². The van der Waals surface area contributed by atoms with E-state index in [1.807, 2.05) is 17.5 Å². The molecule has 0 aliphatic heterocycles. The standard InChI is InChI=1S/C19H25N3O4S/c1-13(19(24)20-14-7-4-2-3-5-8-14)25-17(23)11-10-16-21-18(22-26-16)15-9-6-12-27-15/h6,9,12-14H,2-5,7-8,10-11H2,1H3,(H,20,24). The molecule has 8 heteroatoms. The summed E-state index contributed by atoms with van der Waals surface area (Å²) in [4.78, 5) is 29.4. The Morgan fingerprint density at radius 1 is 1.33 bits per heavy atom. The number of esters is 1. The van der Waals surface area contributed by atoms with Crippen molar-refractivity contribution in [2.45, 2.75) is 70.4 Å². The Morgan fingerprint density at radius 3 is 2.81 bits per heavy atom. The quantitative estimate of drug-likeness (QED) is 0.573. The Kier molecular flexibility index (Phi) is 6.98. The summed E-state index contributed by atoms with van der Waals surface area (Å²) in [5, 5.41) is 8.84. The zero-order valence-corrected chi connectivity index (χ0v) is 16.3. The second-order valence-electron chi connectivity index (χ2n) is 6.82. The van der Waals surface area contributed by atoms with E-state index in [9.17, 15) is 9.59 Å². The van der Waals surface area contributed by atoms with E-state index in [1.54, 1.807) is 6.92 Å². The van der Waals surface area contributed by atoms with Crippen LogP contribution in [0.15, 0.2) is 22.0 Å². The van der Waals surface area contributed by atoms with Crippen LogP contribution >= 0.6 is 11.3 Å². The number of thiophene rings is 1. The zero-order chi connectivity index (χ0) is 19.1. The fourth-order valence-electron chi connectivity index (χ4n) is 3.12. The monoisotopic (exact) mass is 391 g/mol. The summed E-state index contributed by atoms with van der Waals surface area (Å²) in [5.41, 5.74) is 0. The minimum Gasteiger partial charge on any atom is -0.453 e. The van der Waals surface area contributed by atoms with Gasteiger partial charge in [0.05, 0.1) is 11.3 Å². The molecular formula is C19H25N3O4S. The second-order valence-corrected chi connectivity index (χ2v) is 7.77. The first-order valence-corrected chi connectivity index (χ1v) is 10.4. The highest BCUT2D eigenvalue weighted by molar-refractivity contribution is 7.13. The molecule has 1 atom stereocenters. The van der Waals surface area contributed by atoms with E-state index in [4.69, 9.17) is 9.26 Å². The molecule has 2 aromatic rings. The highest BCUT2D eigenvalue weighted by Gasteiger charge is 2.22. The maximum Gasteiger partial charge on any atom is 0.307 e. The summed E-state index contributed by atoms with van der Waals surface area (Å²) in [6.45, 7) is 1.60. The lowest BCUT2D eigenvalue weighted by Crippen LogP contribution is -2.41. The molecule has 1 saturated carbocycles. The SMILES string of the molecule is CC(OC(=O)CCc1nc(-c2cccs2)no1)C(=O)NC1CCCCCC1. The predicted octanol–water partition coefficient (Wildman–Crippen LogP) is 3.50. The van der Waals surface area contributed by atoms with Crippen molar-refractivity contribution >= 4 is 23.2 Å². The van der Waals surface area contributed by atoms with Crippen LogP contribution in [-0.4, -0.2) is 34.2 Å². The molecule has 27 heavy (non-hydrogen) atoms. The molecule has 0 radical (unpaired) electrons. The topological polar surface area (TPSA) is 94.3 Å². The van der Waals surface area contributed by atoms with Crippen LogP contribution in [0.4, 0.5) is 0 Å². The van der Waals surface area contributed by atoms with Crippen LogP contribution in [0.2, 0.25) is 0 Å². The van der Waals surface area contributed by atoms with Gasteiger partial charge in [-0.1, -0.05) is 36.9 Å². The highest BCUT2D eigenvalue weighted by Crippen LogP contribution is 2.21. The number of aromatic nitrogens is 2. The molecule has 0 aromatic carbocycles. The molecule has 0 saturated heterocycles. The molecule has 2 heterocycles. The number of hydrogen-bond acceptors (Lipinski definition) is 7. The molecule has 146 valence electrons. The molecule has 0 bridgehead atoms. The molecule has 0 spiro atoms. The molecular weight excluding hydrogens is 366 g/mol. The smallest absolute Gasteiger partial charge is 0.307 e. The molecule has 3 rings (SSSR count). The number of amides is 1. The number of aryl methyl sites for hydroxylation is 1. The number of carbonyl (C=O) groups excluding carboxylic acids is 2. The van der Waals surface area contributed by atoms with Crippen LogP contribution in [-0.2, 0) is 20.7 Å². The van der Waals surface area contributed by atoms with Crippen molar-refractivity contribution in [3.05, 3.63) is 23.4 Å². The molecule has 1 N–H and O–H groups in total. The zero-order valence-electron chi connectivity index (χ0n) is 15.5. The Morgan fingerprint density at radius 2 is 2.11 bits per heavy atom. The third kappa shape index (κ3) is 5.89. The van der Waals surface area contributed by atoms with Gasteiger partial charge >= 0.3 is 5.97 Å². The Balaban J connectivity index is 1.41. The first-order valence-electron chi connectivity index (χ1n) is 9.48. The Hall–Kier alpha value is -2.22. The number of nitrogens with one attached hydrogen (secondary N) is 1. The van der Waals surface area contributed by atoms with E-state index in [2.05, 4.69) is 15.5 Å². The highest BCUT2D eigenvalue weighted by atomic mass is 32.1. The summed E-state index contributed by atoms with van der Waals surface area (Å²) in [6.07, 6.45) is 6.29. The lowest BCUT2D eigenvalue weighted by molar-refractivity contribution is -0.155. The first-order chi connectivity index (χ1) is 13.1. The van der Waals surface area contributed by atoms with Gasteiger partial charge in [-0.25, -0.2) is 0 Å². The number of ether oxygens (including phenoxy) is 1. The van der Waals surface area contributed by atoms with Crippen molar-refractivity contribution in [1.29, 1.82) is 0 Å². The minimum absolute atomic E-state index is 0.0904. The molecule has 1 fully saturated rings. The van der Waals surface area contributed by atoms with Gasteiger partial charge in [0.2, 0.25) is 11.7 Å². The Bertz CT molecular complexity index is 736. The van der Waals surface area contributed by atoms with Gasteiger partial charge in [0, 0.05) is 12.5 Å². The summed E-state index contributed by atoms with van der Waals surface area (Å²) in [6, 6.07) is 4.01. The van der Waals surface area contributed by atoms with E-state index in [1.165, 1.54) is 24.2 Å². The van der Waals surface area contributed by atoms with E-state index >= 15 is 0 Å². The summed E-state index contributed by atoms with van der Waals surface area (Å²) < 4.78 is 10.4. The molecule has 2 aromatic heterocycles. The largest absolute Gasteiger partial charge is 0.453 e. The molecule has 1 amide bonds. The van der Waals surface area contributed by atoms with Gasteiger partial charge in [-0.3, -0.25) is 9.59 Å². The van der Waals surface area contributed by atoms with Gasteiger partial charge in [0.25, 0.3) is 5.91 Å². The van der Waals surface area contributed by atoms with Crippen LogP contribution < -0.4 is 5.32 Å². The maximum absolute atomic E-state index is 12.2. The van der Waals surface area contributed by atoms with Gasteiger partial charge in [0.15, 0.2) is 6.10 Å². The van der Waals surface area contributed by atoms with Crippen molar-refractivity contribution in [1.82, 2.24) is 15.5 Å². The Labute approximate surface area is 162 Å². The van der Waals surface area contributed by atoms with Crippen molar-refractivity contribution in [2.75, 3.05) is 0 Å². The summed E-state index contributed by atoms with van der Waals surface area (Å²) in [5.74, 6) is 0.220. The lowest BCUT2D eigenvalue weighted by atomic mass is 10.1. The van der Waals surface area contributed by atoms with Crippen molar-refractivity contribution in [3.8, 4) is 10.7 Å². The average Bonchev–Trinajstić information content (AvgIpc) is 3.28. The van der Waals surface area contributed by atoms with E-state index in [0.29, 0.717) is 11.7 Å². The van der Waals surface area contributed by atoms with Crippen LogP contribution in [0, 0.1) is 0 Å².